The number of benzene rings is 1. The first kappa shape index (κ1) is 12.1. The molecular weight excluding hydrogens is 292 g/mol. The van der Waals surface area contributed by atoms with Crippen LogP contribution in [0, 0.1) is 5.41 Å². The molecule has 0 radical (unpaired) electrons. The third kappa shape index (κ3) is 2.44. The Kier molecular flexibility index (Phi) is 3.29. The predicted octanol–water partition coefficient (Wildman–Crippen LogP) is 5.22. The van der Waals surface area contributed by atoms with E-state index in [2.05, 4.69) is 47.1 Å². The number of alkyl halides is 1. The van der Waals surface area contributed by atoms with Gasteiger partial charge in [-0.05, 0) is 48.6 Å². The second-order valence-corrected chi connectivity index (χ2v) is 8.26. The molecule has 17 heavy (non-hydrogen) atoms. The van der Waals surface area contributed by atoms with Crippen molar-refractivity contribution < 1.29 is 0 Å². The molecule has 3 rings (SSSR count). The maximum Gasteiger partial charge on any atom is 0.0151 e. The van der Waals surface area contributed by atoms with Crippen molar-refractivity contribution in [3.05, 3.63) is 29.8 Å². The van der Waals surface area contributed by atoms with Gasteiger partial charge in [-0.1, -0.05) is 41.1 Å². The molecule has 0 saturated heterocycles. The maximum atomic E-state index is 3.79. The minimum absolute atomic E-state index is 0.566. The van der Waals surface area contributed by atoms with Crippen molar-refractivity contribution in [2.24, 2.45) is 5.41 Å². The van der Waals surface area contributed by atoms with E-state index >= 15 is 0 Å². The molecule has 3 atom stereocenters. The fourth-order valence-corrected chi connectivity index (χ4v) is 5.69. The van der Waals surface area contributed by atoms with Crippen molar-refractivity contribution in [2.75, 3.05) is 5.75 Å². The summed E-state index contributed by atoms with van der Waals surface area (Å²) in [6.45, 7) is 2.49. The van der Waals surface area contributed by atoms with Crippen LogP contribution in [0.5, 0.6) is 0 Å². The van der Waals surface area contributed by atoms with E-state index in [9.17, 15) is 0 Å². The predicted molar refractivity (Wildman–Crippen MR) is 79.2 cm³/mol. The van der Waals surface area contributed by atoms with Gasteiger partial charge in [0, 0.05) is 15.5 Å². The molecule has 92 valence electrons. The summed E-state index contributed by atoms with van der Waals surface area (Å²) in [5.74, 6) is 2.08. The average molecular weight is 311 g/mol. The number of thioether (sulfide) groups is 1. The molecule has 1 aliphatic carbocycles. The van der Waals surface area contributed by atoms with Crippen LogP contribution >= 0.6 is 27.7 Å². The molecule has 1 fully saturated rings. The van der Waals surface area contributed by atoms with Gasteiger partial charge in [-0.15, -0.1) is 11.8 Å². The second kappa shape index (κ2) is 4.62. The highest BCUT2D eigenvalue weighted by atomic mass is 79.9. The van der Waals surface area contributed by atoms with Crippen LogP contribution < -0.4 is 0 Å². The van der Waals surface area contributed by atoms with Crippen LogP contribution in [0.2, 0.25) is 0 Å². The first-order valence-corrected chi connectivity index (χ1v) is 8.42. The van der Waals surface area contributed by atoms with Crippen molar-refractivity contribution in [3.8, 4) is 0 Å². The zero-order chi connectivity index (χ0) is 11.9. The van der Waals surface area contributed by atoms with Crippen LogP contribution in [0.4, 0.5) is 0 Å². The van der Waals surface area contributed by atoms with Crippen LogP contribution in [-0.2, 0) is 0 Å². The molecule has 1 saturated carbocycles. The molecule has 0 N–H and O–H groups in total. The molecule has 1 aromatic rings. The number of halogens is 1. The van der Waals surface area contributed by atoms with Gasteiger partial charge in [0.1, 0.15) is 0 Å². The summed E-state index contributed by atoms with van der Waals surface area (Å²) in [5.41, 5.74) is 2.17. The van der Waals surface area contributed by atoms with Gasteiger partial charge in [-0.2, -0.15) is 0 Å². The summed E-state index contributed by atoms with van der Waals surface area (Å²) in [6.07, 6.45) is 5.49. The van der Waals surface area contributed by atoms with Crippen molar-refractivity contribution in [1.82, 2.24) is 0 Å². The molecule has 1 aromatic carbocycles. The third-order valence-electron chi connectivity index (χ3n) is 4.31. The lowest BCUT2D eigenvalue weighted by Gasteiger charge is -2.27. The Morgan fingerprint density at radius 3 is 3.00 bits per heavy atom. The van der Waals surface area contributed by atoms with Gasteiger partial charge in [0.2, 0.25) is 0 Å². The molecule has 0 bridgehead atoms. The van der Waals surface area contributed by atoms with E-state index in [0.717, 1.165) is 10.7 Å². The maximum absolute atomic E-state index is 3.79. The van der Waals surface area contributed by atoms with E-state index in [1.165, 1.54) is 36.3 Å². The van der Waals surface area contributed by atoms with E-state index in [-0.39, 0.29) is 0 Å². The summed E-state index contributed by atoms with van der Waals surface area (Å²) < 4.78 is 0. The minimum Gasteiger partial charge on any atom is -0.125 e. The summed E-state index contributed by atoms with van der Waals surface area (Å²) in [5, 5.41) is 0. The van der Waals surface area contributed by atoms with Gasteiger partial charge in [-0.3, -0.25) is 0 Å². The molecule has 0 amide bonds. The lowest BCUT2D eigenvalue weighted by Crippen LogP contribution is -2.16. The summed E-state index contributed by atoms with van der Waals surface area (Å²) in [6, 6.07) is 8.98. The normalized spacial score (nSPS) is 36.1. The average Bonchev–Trinajstić information content (AvgIpc) is 2.85. The quantitative estimate of drug-likeness (QED) is 0.675. The standard InChI is InChI=1S/C15H19BrS/c1-15(7-6-12(16)9-15)8-11-10-17-14-5-3-2-4-13(11)14/h2-5,11-12H,6-10H2,1H3. The van der Waals surface area contributed by atoms with Crippen LogP contribution in [0.15, 0.2) is 29.2 Å². The van der Waals surface area contributed by atoms with Crippen LogP contribution in [0.1, 0.15) is 44.1 Å². The number of hydrogen-bond donors (Lipinski definition) is 0. The molecule has 0 nitrogen and oxygen atoms in total. The van der Waals surface area contributed by atoms with E-state index < -0.39 is 0 Å². The topological polar surface area (TPSA) is 0 Å². The Bertz CT molecular complexity index is 417. The van der Waals surface area contributed by atoms with Crippen LogP contribution in [0.3, 0.4) is 0 Å². The summed E-state index contributed by atoms with van der Waals surface area (Å²) in [4.78, 5) is 2.28. The second-order valence-electron chi connectivity index (χ2n) is 5.90. The first-order chi connectivity index (χ1) is 8.16. The number of rotatable bonds is 2. The fourth-order valence-electron chi connectivity index (χ4n) is 3.42. The molecule has 2 heteroatoms. The highest BCUT2D eigenvalue weighted by molar-refractivity contribution is 9.09. The largest absolute Gasteiger partial charge is 0.125 e. The Morgan fingerprint density at radius 1 is 1.41 bits per heavy atom. The lowest BCUT2D eigenvalue weighted by atomic mass is 9.78. The Hall–Kier alpha value is 0.0500. The van der Waals surface area contributed by atoms with Crippen molar-refractivity contribution >= 4 is 27.7 Å². The Morgan fingerprint density at radius 2 is 2.24 bits per heavy atom. The highest BCUT2D eigenvalue weighted by Crippen LogP contribution is 2.51. The van der Waals surface area contributed by atoms with E-state index in [1.807, 2.05) is 11.8 Å². The minimum atomic E-state index is 0.566. The zero-order valence-corrected chi connectivity index (χ0v) is 12.7. The summed E-state index contributed by atoms with van der Waals surface area (Å²) >= 11 is 5.84. The molecule has 2 aliphatic rings. The van der Waals surface area contributed by atoms with E-state index in [4.69, 9.17) is 0 Å². The third-order valence-corrected chi connectivity index (χ3v) is 6.35. The smallest absolute Gasteiger partial charge is 0.0151 e. The fraction of sp³-hybridized carbons (Fsp3) is 0.600. The van der Waals surface area contributed by atoms with Crippen molar-refractivity contribution in [1.29, 1.82) is 0 Å². The molecule has 3 unspecified atom stereocenters. The Labute approximate surface area is 117 Å². The van der Waals surface area contributed by atoms with Gasteiger partial charge in [0.05, 0.1) is 0 Å². The van der Waals surface area contributed by atoms with Crippen LogP contribution in [-0.4, -0.2) is 10.6 Å². The first-order valence-electron chi connectivity index (χ1n) is 6.52. The van der Waals surface area contributed by atoms with Crippen molar-refractivity contribution in [2.45, 2.75) is 48.2 Å². The van der Waals surface area contributed by atoms with Crippen molar-refractivity contribution in [3.63, 3.8) is 0 Å². The Balaban J connectivity index is 1.75. The molecule has 0 aromatic heterocycles. The lowest BCUT2D eigenvalue weighted by molar-refractivity contribution is 0.290. The SMILES string of the molecule is CC1(CC2CSc3ccccc32)CCC(Br)C1. The number of hydrogen-bond acceptors (Lipinski definition) is 1. The van der Waals surface area contributed by atoms with Gasteiger partial charge in [-0.25, -0.2) is 0 Å². The van der Waals surface area contributed by atoms with Crippen LogP contribution in [0.25, 0.3) is 0 Å². The van der Waals surface area contributed by atoms with Gasteiger partial charge < -0.3 is 0 Å². The van der Waals surface area contributed by atoms with Gasteiger partial charge in [0.15, 0.2) is 0 Å². The van der Waals surface area contributed by atoms with E-state index in [1.54, 1.807) is 5.56 Å². The number of fused-ring (bicyclic) bond motifs is 1. The molecule has 1 aliphatic heterocycles. The molecular formula is C15H19BrS. The van der Waals surface area contributed by atoms with Gasteiger partial charge >= 0.3 is 0 Å². The van der Waals surface area contributed by atoms with E-state index in [0.29, 0.717) is 5.41 Å². The zero-order valence-electron chi connectivity index (χ0n) is 10.3. The summed E-state index contributed by atoms with van der Waals surface area (Å²) in [7, 11) is 0. The molecule has 1 heterocycles. The monoisotopic (exact) mass is 310 g/mol. The van der Waals surface area contributed by atoms with Gasteiger partial charge in [0.25, 0.3) is 0 Å². The highest BCUT2D eigenvalue weighted by Gasteiger charge is 2.37. The molecule has 0 spiro atoms.